The third kappa shape index (κ3) is 4.68. The van der Waals surface area contributed by atoms with E-state index in [0.717, 1.165) is 10.6 Å². The van der Waals surface area contributed by atoms with Crippen LogP contribution in [-0.4, -0.2) is 51.2 Å². The first-order valence-corrected chi connectivity index (χ1v) is 9.38. The number of carboxylic acid groups (broad SMARTS) is 1. The number of amides is 1. The van der Waals surface area contributed by atoms with Crippen molar-refractivity contribution in [3.8, 4) is 0 Å². The number of carboxylic acids is 1. The Hall–Kier alpha value is -1.14. The number of thioether (sulfide) groups is 2. The summed E-state index contributed by atoms with van der Waals surface area (Å²) in [6.45, 7) is 4.88. The van der Waals surface area contributed by atoms with E-state index in [1.807, 2.05) is 24.3 Å². The summed E-state index contributed by atoms with van der Waals surface area (Å²) in [6, 6.07) is 7.39. The summed E-state index contributed by atoms with van der Waals surface area (Å²) >= 11 is 3.47. The zero-order chi connectivity index (χ0) is 16.1. The fourth-order valence-corrected chi connectivity index (χ4v) is 4.31. The topological polar surface area (TPSA) is 57.6 Å². The minimum Gasteiger partial charge on any atom is -0.481 e. The molecule has 1 fully saturated rings. The van der Waals surface area contributed by atoms with Gasteiger partial charge in [-0.15, -0.1) is 11.8 Å². The smallest absolute Gasteiger partial charge is 0.305 e. The predicted octanol–water partition coefficient (Wildman–Crippen LogP) is 3.22. The molecule has 0 saturated carbocycles. The lowest BCUT2D eigenvalue weighted by Gasteiger charge is -2.34. The summed E-state index contributed by atoms with van der Waals surface area (Å²) in [4.78, 5) is 26.5. The van der Waals surface area contributed by atoms with E-state index in [0.29, 0.717) is 23.1 Å². The molecule has 4 nitrogen and oxygen atoms in total. The molecular formula is C16H21NO3S2. The molecule has 1 atom stereocenters. The van der Waals surface area contributed by atoms with Crippen molar-refractivity contribution in [2.75, 3.05) is 18.1 Å². The fraction of sp³-hybridized carbons (Fsp3) is 0.500. The number of carbonyl (C=O) groups is 2. The van der Waals surface area contributed by atoms with Crippen LogP contribution in [0.15, 0.2) is 29.2 Å². The maximum Gasteiger partial charge on any atom is 0.305 e. The van der Waals surface area contributed by atoms with E-state index in [4.69, 9.17) is 5.11 Å². The van der Waals surface area contributed by atoms with Crippen molar-refractivity contribution < 1.29 is 14.7 Å². The SMILES string of the molecule is CC(C)Sc1ccc(C(=O)N2CCSCC2CC(=O)O)cc1. The van der Waals surface area contributed by atoms with Crippen molar-refractivity contribution in [1.82, 2.24) is 4.90 Å². The first-order chi connectivity index (χ1) is 10.5. The Morgan fingerprint density at radius 2 is 2.05 bits per heavy atom. The van der Waals surface area contributed by atoms with E-state index in [9.17, 15) is 9.59 Å². The molecule has 1 heterocycles. The molecule has 1 saturated heterocycles. The van der Waals surface area contributed by atoms with Crippen LogP contribution < -0.4 is 0 Å². The van der Waals surface area contributed by atoms with Crippen LogP contribution >= 0.6 is 23.5 Å². The Balaban J connectivity index is 2.09. The minimum atomic E-state index is -0.853. The lowest BCUT2D eigenvalue weighted by atomic mass is 10.1. The summed E-state index contributed by atoms with van der Waals surface area (Å²) in [5.41, 5.74) is 0.635. The molecule has 2 rings (SSSR count). The molecule has 0 bridgehead atoms. The molecule has 0 radical (unpaired) electrons. The van der Waals surface area contributed by atoms with E-state index in [-0.39, 0.29) is 18.4 Å². The Morgan fingerprint density at radius 3 is 2.64 bits per heavy atom. The molecular weight excluding hydrogens is 318 g/mol. The van der Waals surface area contributed by atoms with Crippen molar-refractivity contribution >= 4 is 35.4 Å². The number of nitrogens with zero attached hydrogens (tertiary/aromatic N) is 1. The Kier molecular flexibility index (Phi) is 6.20. The maximum atomic E-state index is 12.6. The molecule has 1 unspecified atom stereocenters. The highest BCUT2D eigenvalue weighted by molar-refractivity contribution is 8.00. The summed E-state index contributed by atoms with van der Waals surface area (Å²) < 4.78 is 0. The van der Waals surface area contributed by atoms with Crippen LogP contribution in [0.5, 0.6) is 0 Å². The fourth-order valence-electron chi connectivity index (χ4n) is 2.41. The van der Waals surface area contributed by atoms with Crippen LogP contribution in [0.4, 0.5) is 0 Å². The van der Waals surface area contributed by atoms with E-state index in [1.165, 1.54) is 0 Å². The summed E-state index contributed by atoms with van der Waals surface area (Å²) in [6.07, 6.45) is 0.0139. The van der Waals surface area contributed by atoms with Gasteiger partial charge in [0, 0.05) is 33.8 Å². The molecule has 120 valence electrons. The number of hydrogen-bond acceptors (Lipinski definition) is 4. The molecule has 1 N–H and O–H groups in total. The highest BCUT2D eigenvalue weighted by Crippen LogP contribution is 2.25. The van der Waals surface area contributed by atoms with E-state index in [2.05, 4.69) is 13.8 Å². The predicted molar refractivity (Wildman–Crippen MR) is 91.8 cm³/mol. The monoisotopic (exact) mass is 339 g/mol. The van der Waals surface area contributed by atoms with Gasteiger partial charge < -0.3 is 10.0 Å². The van der Waals surface area contributed by atoms with Gasteiger partial charge in [-0.3, -0.25) is 9.59 Å². The number of benzene rings is 1. The molecule has 0 spiro atoms. The second kappa shape index (κ2) is 7.92. The summed E-state index contributed by atoms with van der Waals surface area (Å²) in [5.74, 6) is 0.643. The van der Waals surface area contributed by atoms with Gasteiger partial charge in [0.15, 0.2) is 0 Å². The lowest BCUT2D eigenvalue weighted by Crippen LogP contribution is -2.47. The Labute approximate surface area is 139 Å². The van der Waals surface area contributed by atoms with Gasteiger partial charge >= 0.3 is 5.97 Å². The van der Waals surface area contributed by atoms with Crippen molar-refractivity contribution in [2.45, 2.75) is 36.5 Å². The number of carbonyl (C=O) groups excluding carboxylic acids is 1. The minimum absolute atomic E-state index is 0.0139. The van der Waals surface area contributed by atoms with Crippen LogP contribution in [0, 0.1) is 0 Å². The molecule has 1 aliphatic rings. The van der Waals surface area contributed by atoms with Gasteiger partial charge in [0.05, 0.1) is 12.5 Å². The summed E-state index contributed by atoms with van der Waals surface area (Å²) in [5, 5.41) is 9.51. The van der Waals surface area contributed by atoms with Crippen LogP contribution in [-0.2, 0) is 4.79 Å². The van der Waals surface area contributed by atoms with Gasteiger partial charge in [-0.1, -0.05) is 13.8 Å². The van der Waals surface area contributed by atoms with Crippen LogP contribution in [0.2, 0.25) is 0 Å². The highest BCUT2D eigenvalue weighted by Gasteiger charge is 2.29. The largest absolute Gasteiger partial charge is 0.481 e. The van der Waals surface area contributed by atoms with Crippen molar-refractivity contribution in [3.05, 3.63) is 29.8 Å². The normalized spacial score (nSPS) is 18.5. The Bertz CT molecular complexity index is 531. The second-order valence-electron chi connectivity index (χ2n) is 5.52. The molecule has 1 aliphatic heterocycles. The van der Waals surface area contributed by atoms with Gasteiger partial charge in [0.1, 0.15) is 0 Å². The van der Waals surface area contributed by atoms with Gasteiger partial charge in [0.25, 0.3) is 5.91 Å². The first-order valence-electron chi connectivity index (χ1n) is 7.34. The molecule has 1 aromatic carbocycles. The van der Waals surface area contributed by atoms with Crippen LogP contribution in [0.3, 0.4) is 0 Å². The molecule has 1 aromatic rings. The van der Waals surface area contributed by atoms with Crippen molar-refractivity contribution in [3.63, 3.8) is 0 Å². The molecule has 1 amide bonds. The van der Waals surface area contributed by atoms with E-state index >= 15 is 0 Å². The zero-order valence-corrected chi connectivity index (χ0v) is 14.5. The standard InChI is InChI=1S/C16H21NO3S2/c1-11(2)22-14-5-3-12(4-6-14)16(20)17-7-8-21-10-13(17)9-15(18)19/h3-6,11,13H,7-10H2,1-2H3,(H,18,19). The zero-order valence-electron chi connectivity index (χ0n) is 12.8. The molecule has 6 heteroatoms. The third-order valence-electron chi connectivity index (χ3n) is 3.37. The van der Waals surface area contributed by atoms with E-state index < -0.39 is 5.97 Å². The average molecular weight is 339 g/mol. The highest BCUT2D eigenvalue weighted by atomic mass is 32.2. The van der Waals surface area contributed by atoms with E-state index in [1.54, 1.807) is 28.4 Å². The van der Waals surface area contributed by atoms with Crippen LogP contribution in [0.25, 0.3) is 0 Å². The molecule has 0 aliphatic carbocycles. The Morgan fingerprint density at radius 1 is 1.36 bits per heavy atom. The van der Waals surface area contributed by atoms with Gasteiger partial charge in [-0.05, 0) is 24.3 Å². The third-order valence-corrected chi connectivity index (χ3v) is 5.48. The first kappa shape index (κ1) is 17.2. The molecule has 0 aromatic heterocycles. The quantitative estimate of drug-likeness (QED) is 0.835. The van der Waals surface area contributed by atoms with Crippen LogP contribution in [0.1, 0.15) is 30.6 Å². The van der Waals surface area contributed by atoms with Gasteiger partial charge in [-0.25, -0.2) is 0 Å². The molecule has 22 heavy (non-hydrogen) atoms. The number of hydrogen-bond donors (Lipinski definition) is 1. The number of rotatable bonds is 5. The lowest BCUT2D eigenvalue weighted by molar-refractivity contribution is -0.138. The number of aliphatic carboxylic acids is 1. The average Bonchev–Trinajstić information content (AvgIpc) is 2.47. The summed E-state index contributed by atoms with van der Waals surface area (Å²) in [7, 11) is 0. The van der Waals surface area contributed by atoms with Crippen molar-refractivity contribution in [2.24, 2.45) is 0 Å². The van der Waals surface area contributed by atoms with Gasteiger partial charge in [0.2, 0.25) is 0 Å². The maximum absolute atomic E-state index is 12.6. The second-order valence-corrected chi connectivity index (χ2v) is 8.32. The van der Waals surface area contributed by atoms with Crippen molar-refractivity contribution in [1.29, 1.82) is 0 Å². The van der Waals surface area contributed by atoms with Gasteiger partial charge in [-0.2, -0.15) is 11.8 Å².